The minimum atomic E-state index is -0.448. The maximum absolute atomic E-state index is 12.8. The zero-order valence-electron chi connectivity index (χ0n) is 14.0. The van der Waals surface area contributed by atoms with E-state index < -0.39 is 11.5 Å². The molecule has 126 valence electrons. The van der Waals surface area contributed by atoms with Crippen LogP contribution in [0.2, 0.25) is 0 Å². The molecule has 0 radical (unpaired) electrons. The van der Waals surface area contributed by atoms with Crippen LogP contribution < -0.4 is 10.6 Å². The lowest BCUT2D eigenvalue weighted by molar-refractivity contribution is -0.126. The summed E-state index contributed by atoms with van der Waals surface area (Å²) < 4.78 is 4.79. The summed E-state index contributed by atoms with van der Waals surface area (Å²) in [6.45, 7) is 4.93. The summed E-state index contributed by atoms with van der Waals surface area (Å²) >= 11 is 0. The second-order valence-corrected chi connectivity index (χ2v) is 6.06. The first-order valence-electron chi connectivity index (χ1n) is 8.34. The first kappa shape index (κ1) is 17.3. The third-order valence-electron chi connectivity index (χ3n) is 4.42. The molecule has 0 spiro atoms. The molecule has 2 rings (SSSR count). The van der Waals surface area contributed by atoms with Crippen molar-refractivity contribution >= 4 is 12.0 Å². The smallest absolute Gasteiger partial charge is 0.407 e. The summed E-state index contributed by atoms with van der Waals surface area (Å²) in [6, 6.07) is 8.23. The lowest BCUT2D eigenvalue weighted by atomic mass is 9.77. The van der Waals surface area contributed by atoms with Crippen LogP contribution in [0.15, 0.2) is 24.3 Å². The number of carbonyl (C=O) groups excluding carboxylic acids is 2. The Morgan fingerprint density at radius 2 is 1.87 bits per heavy atom. The van der Waals surface area contributed by atoms with Gasteiger partial charge in [-0.1, -0.05) is 42.7 Å². The van der Waals surface area contributed by atoms with Crippen molar-refractivity contribution in [2.75, 3.05) is 19.7 Å². The monoisotopic (exact) mass is 318 g/mol. The summed E-state index contributed by atoms with van der Waals surface area (Å²) in [6.07, 6.45) is 3.46. The highest BCUT2D eigenvalue weighted by atomic mass is 16.5. The molecule has 23 heavy (non-hydrogen) atoms. The SMILES string of the molecule is CCOC(=O)NCCNC(=O)C1(c2cccc(C)c2)CCCC1. The highest BCUT2D eigenvalue weighted by Gasteiger charge is 2.42. The van der Waals surface area contributed by atoms with Gasteiger partial charge in [0.05, 0.1) is 12.0 Å². The zero-order chi connectivity index (χ0) is 16.7. The number of ether oxygens (including phenoxy) is 1. The quantitative estimate of drug-likeness (QED) is 0.792. The lowest BCUT2D eigenvalue weighted by Gasteiger charge is -2.28. The second-order valence-electron chi connectivity index (χ2n) is 6.06. The van der Waals surface area contributed by atoms with Crippen molar-refractivity contribution in [2.24, 2.45) is 0 Å². The number of amides is 2. The van der Waals surface area contributed by atoms with Crippen molar-refractivity contribution in [1.82, 2.24) is 10.6 Å². The van der Waals surface area contributed by atoms with Crippen molar-refractivity contribution in [3.63, 3.8) is 0 Å². The van der Waals surface area contributed by atoms with Gasteiger partial charge in [-0.15, -0.1) is 0 Å². The van der Waals surface area contributed by atoms with Crippen LogP contribution in [0.3, 0.4) is 0 Å². The standard InChI is InChI=1S/C18H26N2O3/c1-3-23-17(22)20-12-11-19-16(21)18(9-4-5-10-18)15-8-6-7-14(2)13-15/h6-8,13H,3-5,9-12H2,1-2H3,(H,19,21)(H,20,22). The number of nitrogens with one attached hydrogen (secondary N) is 2. The van der Waals surface area contributed by atoms with Crippen LogP contribution in [0.1, 0.15) is 43.7 Å². The van der Waals surface area contributed by atoms with Crippen molar-refractivity contribution in [1.29, 1.82) is 0 Å². The van der Waals surface area contributed by atoms with Gasteiger partial charge in [0, 0.05) is 13.1 Å². The highest BCUT2D eigenvalue weighted by Crippen LogP contribution is 2.41. The molecular weight excluding hydrogens is 292 g/mol. The third-order valence-corrected chi connectivity index (χ3v) is 4.42. The average molecular weight is 318 g/mol. The lowest BCUT2D eigenvalue weighted by Crippen LogP contribution is -2.45. The number of benzene rings is 1. The average Bonchev–Trinajstić information content (AvgIpc) is 3.02. The van der Waals surface area contributed by atoms with Crippen LogP contribution in [-0.4, -0.2) is 31.7 Å². The Balaban J connectivity index is 1.96. The fourth-order valence-electron chi connectivity index (χ4n) is 3.26. The molecule has 2 N–H and O–H groups in total. The van der Waals surface area contributed by atoms with E-state index in [0.29, 0.717) is 19.7 Å². The van der Waals surface area contributed by atoms with Crippen LogP contribution in [0.25, 0.3) is 0 Å². The van der Waals surface area contributed by atoms with Gasteiger partial charge in [0.15, 0.2) is 0 Å². The summed E-state index contributed by atoms with van der Waals surface area (Å²) in [4.78, 5) is 24.0. The number of carbonyl (C=O) groups is 2. The van der Waals surface area contributed by atoms with E-state index in [-0.39, 0.29) is 5.91 Å². The molecule has 1 aliphatic carbocycles. The predicted molar refractivity (Wildman–Crippen MR) is 89.4 cm³/mol. The third kappa shape index (κ3) is 4.24. The molecule has 1 aromatic rings. The van der Waals surface area contributed by atoms with Crippen LogP contribution in [0.5, 0.6) is 0 Å². The highest BCUT2D eigenvalue weighted by molar-refractivity contribution is 5.88. The fourth-order valence-corrected chi connectivity index (χ4v) is 3.26. The summed E-state index contributed by atoms with van der Waals surface area (Å²) in [5.74, 6) is 0.0614. The van der Waals surface area contributed by atoms with Crippen molar-refractivity contribution in [2.45, 2.75) is 44.9 Å². The first-order valence-corrected chi connectivity index (χ1v) is 8.34. The van der Waals surface area contributed by atoms with E-state index in [9.17, 15) is 9.59 Å². The molecule has 0 saturated heterocycles. The normalized spacial score (nSPS) is 15.9. The Labute approximate surface area is 137 Å². The van der Waals surface area contributed by atoms with Crippen LogP contribution in [0, 0.1) is 6.92 Å². The number of hydrogen-bond donors (Lipinski definition) is 2. The predicted octanol–water partition coefficient (Wildman–Crippen LogP) is 2.67. The van der Waals surface area contributed by atoms with Gasteiger partial charge in [-0.05, 0) is 32.3 Å². The van der Waals surface area contributed by atoms with Crippen molar-refractivity contribution < 1.29 is 14.3 Å². The minimum absolute atomic E-state index is 0.0614. The fraction of sp³-hybridized carbons (Fsp3) is 0.556. The molecule has 0 bridgehead atoms. The van der Waals surface area contributed by atoms with Gasteiger partial charge in [0.25, 0.3) is 0 Å². The maximum atomic E-state index is 12.8. The van der Waals surface area contributed by atoms with E-state index in [4.69, 9.17) is 4.74 Å². The molecule has 1 saturated carbocycles. The second kappa shape index (κ2) is 7.99. The van der Waals surface area contributed by atoms with Gasteiger partial charge < -0.3 is 15.4 Å². The van der Waals surface area contributed by atoms with Gasteiger partial charge in [0.1, 0.15) is 0 Å². The molecule has 0 heterocycles. The molecule has 0 aliphatic heterocycles. The Hall–Kier alpha value is -2.04. The van der Waals surface area contributed by atoms with Gasteiger partial charge in [0.2, 0.25) is 5.91 Å². The van der Waals surface area contributed by atoms with E-state index >= 15 is 0 Å². The van der Waals surface area contributed by atoms with Gasteiger partial charge in [-0.3, -0.25) is 4.79 Å². The topological polar surface area (TPSA) is 67.4 Å². The molecule has 0 unspecified atom stereocenters. The van der Waals surface area contributed by atoms with Crippen molar-refractivity contribution in [3.8, 4) is 0 Å². The number of aryl methyl sites for hydroxylation is 1. The molecule has 0 aromatic heterocycles. The Bertz CT molecular complexity index is 551. The van der Waals surface area contributed by atoms with E-state index in [1.807, 2.05) is 19.1 Å². The Morgan fingerprint density at radius 3 is 2.52 bits per heavy atom. The van der Waals surface area contributed by atoms with Crippen LogP contribution in [-0.2, 0) is 14.9 Å². The molecule has 1 aromatic carbocycles. The largest absolute Gasteiger partial charge is 0.450 e. The van der Waals surface area contributed by atoms with E-state index in [0.717, 1.165) is 31.2 Å². The Morgan fingerprint density at radius 1 is 1.17 bits per heavy atom. The van der Waals surface area contributed by atoms with Gasteiger partial charge >= 0.3 is 6.09 Å². The minimum Gasteiger partial charge on any atom is -0.450 e. The summed E-state index contributed by atoms with van der Waals surface area (Å²) in [7, 11) is 0. The van der Waals surface area contributed by atoms with E-state index in [2.05, 4.69) is 22.8 Å². The summed E-state index contributed by atoms with van der Waals surface area (Å²) in [5, 5.41) is 5.59. The van der Waals surface area contributed by atoms with Crippen molar-refractivity contribution in [3.05, 3.63) is 35.4 Å². The van der Waals surface area contributed by atoms with Crippen LogP contribution >= 0.6 is 0 Å². The van der Waals surface area contributed by atoms with Gasteiger partial charge in [-0.2, -0.15) is 0 Å². The zero-order valence-corrected chi connectivity index (χ0v) is 14.0. The molecule has 2 amide bonds. The molecule has 5 nitrogen and oxygen atoms in total. The summed E-state index contributed by atoms with van der Waals surface area (Å²) in [5.41, 5.74) is 1.85. The molecule has 0 atom stereocenters. The number of rotatable bonds is 6. The number of hydrogen-bond acceptors (Lipinski definition) is 3. The maximum Gasteiger partial charge on any atom is 0.407 e. The molecule has 5 heteroatoms. The number of alkyl carbamates (subject to hydrolysis) is 1. The Kier molecular flexibility index (Phi) is 6.02. The molecule has 1 fully saturated rings. The molecule has 1 aliphatic rings. The first-order chi connectivity index (χ1) is 11.1. The van der Waals surface area contributed by atoms with Crippen LogP contribution in [0.4, 0.5) is 4.79 Å². The van der Waals surface area contributed by atoms with E-state index in [1.54, 1.807) is 6.92 Å². The molecular formula is C18H26N2O3. The van der Waals surface area contributed by atoms with Gasteiger partial charge in [-0.25, -0.2) is 4.79 Å². The van der Waals surface area contributed by atoms with E-state index in [1.165, 1.54) is 5.56 Å².